The van der Waals surface area contributed by atoms with Gasteiger partial charge in [0.1, 0.15) is 11.5 Å². The van der Waals surface area contributed by atoms with E-state index in [1.165, 1.54) is 16.7 Å². The molecule has 0 fully saturated rings. The van der Waals surface area contributed by atoms with Crippen molar-refractivity contribution in [3.05, 3.63) is 59.2 Å². The molecule has 2 nitrogen and oxygen atoms in total. The highest BCUT2D eigenvalue weighted by atomic mass is 16.5. The standard InChI is InChI=1S/C19H25NO/c1-14(2)12-20-13-17-7-5-6-8-19(17)21-18-10-9-15(3)16(4)11-18/h5-11,14,20H,12-13H2,1-4H3. The Labute approximate surface area is 128 Å². The van der Waals surface area contributed by atoms with Gasteiger partial charge in [-0.25, -0.2) is 0 Å². The molecule has 0 aliphatic heterocycles. The first kappa shape index (κ1) is 15.6. The predicted molar refractivity (Wildman–Crippen MR) is 89.0 cm³/mol. The molecule has 0 bridgehead atoms. The van der Waals surface area contributed by atoms with Crippen LogP contribution in [0.5, 0.6) is 11.5 Å². The van der Waals surface area contributed by atoms with Crippen molar-refractivity contribution in [2.24, 2.45) is 5.92 Å². The van der Waals surface area contributed by atoms with E-state index in [-0.39, 0.29) is 0 Å². The van der Waals surface area contributed by atoms with Crippen molar-refractivity contribution >= 4 is 0 Å². The molecule has 2 heteroatoms. The van der Waals surface area contributed by atoms with Crippen LogP contribution in [0, 0.1) is 19.8 Å². The third-order valence-corrected chi connectivity index (χ3v) is 3.55. The lowest BCUT2D eigenvalue weighted by Gasteiger charge is -2.13. The zero-order chi connectivity index (χ0) is 15.2. The first-order valence-electron chi connectivity index (χ1n) is 7.60. The second-order valence-corrected chi connectivity index (χ2v) is 5.98. The Morgan fingerprint density at radius 3 is 2.48 bits per heavy atom. The normalized spacial score (nSPS) is 10.9. The van der Waals surface area contributed by atoms with E-state index in [1.54, 1.807) is 0 Å². The van der Waals surface area contributed by atoms with Crippen LogP contribution < -0.4 is 10.1 Å². The Bertz CT molecular complexity index is 590. The van der Waals surface area contributed by atoms with E-state index in [1.807, 2.05) is 18.2 Å². The molecule has 0 aliphatic carbocycles. The van der Waals surface area contributed by atoms with Gasteiger partial charge < -0.3 is 10.1 Å². The topological polar surface area (TPSA) is 21.3 Å². The molecule has 21 heavy (non-hydrogen) atoms. The molecule has 112 valence electrons. The summed E-state index contributed by atoms with van der Waals surface area (Å²) >= 11 is 0. The molecule has 1 N–H and O–H groups in total. The predicted octanol–water partition coefficient (Wildman–Crippen LogP) is 4.84. The minimum Gasteiger partial charge on any atom is -0.457 e. The summed E-state index contributed by atoms with van der Waals surface area (Å²) in [7, 11) is 0. The molecule has 0 atom stereocenters. The Morgan fingerprint density at radius 1 is 1.00 bits per heavy atom. The molecule has 2 aromatic rings. The fourth-order valence-corrected chi connectivity index (χ4v) is 2.15. The number of ether oxygens (including phenoxy) is 1. The third kappa shape index (κ3) is 4.61. The van der Waals surface area contributed by atoms with Gasteiger partial charge in [-0.15, -0.1) is 0 Å². The van der Waals surface area contributed by atoms with Crippen molar-refractivity contribution in [3.8, 4) is 11.5 Å². The summed E-state index contributed by atoms with van der Waals surface area (Å²) in [6, 6.07) is 14.4. The SMILES string of the molecule is Cc1ccc(Oc2ccccc2CNCC(C)C)cc1C. The summed E-state index contributed by atoms with van der Waals surface area (Å²) in [6.45, 7) is 10.5. The van der Waals surface area contributed by atoms with Crippen molar-refractivity contribution < 1.29 is 4.74 Å². The van der Waals surface area contributed by atoms with Crippen molar-refractivity contribution in [2.75, 3.05) is 6.54 Å². The molecule has 0 amide bonds. The van der Waals surface area contributed by atoms with E-state index in [9.17, 15) is 0 Å². The molecule has 0 spiro atoms. The maximum Gasteiger partial charge on any atom is 0.131 e. The minimum absolute atomic E-state index is 0.651. The monoisotopic (exact) mass is 283 g/mol. The maximum atomic E-state index is 6.06. The van der Waals surface area contributed by atoms with Crippen molar-refractivity contribution in [2.45, 2.75) is 34.2 Å². The number of para-hydroxylation sites is 1. The second-order valence-electron chi connectivity index (χ2n) is 5.98. The molecule has 0 heterocycles. The zero-order valence-corrected chi connectivity index (χ0v) is 13.4. The lowest BCUT2D eigenvalue weighted by molar-refractivity contribution is 0.468. The number of aryl methyl sites for hydroxylation is 2. The highest BCUT2D eigenvalue weighted by Crippen LogP contribution is 2.26. The lowest BCUT2D eigenvalue weighted by Crippen LogP contribution is -2.19. The van der Waals surface area contributed by atoms with Crippen LogP contribution in [-0.4, -0.2) is 6.54 Å². The first-order valence-corrected chi connectivity index (χ1v) is 7.60. The van der Waals surface area contributed by atoms with Gasteiger partial charge in [0.25, 0.3) is 0 Å². The summed E-state index contributed by atoms with van der Waals surface area (Å²) in [4.78, 5) is 0. The van der Waals surface area contributed by atoms with Crippen molar-refractivity contribution in [3.63, 3.8) is 0 Å². The number of nitrogens with one attached hydrogen (secondary N) is 1. The molecule has 0 aromatic heterocycles. The van der Waals surface area contributed by atoms with Gasteiger partial charge in [-0.3, -0.25) is 0 Å². The summed E-state index contributed by atoms with van der Waals surface area (Å²) in [5.41, 5.74) is 3.73. The van der Waals surface area contributed by atoms with Gasteiger partial charge in [-0.1, -0.05) is 38.1 Å². The van der Waals surface area contributed by atoms with Gasteiger partial charge in [0.2, 0.25) is 0 Å². The molecule has 0 unspecified atom stereocenters. The van der Waals surface area contributed by atoms with Gasteiger partial charge in [0.15, 0.2) is 0 Å². The van der Waals surface area contributed by atoms with Crippen LogP contribution >= 0.6 is 0 Å². The lowest BCUT2D eigenvalue weighted by atomic mass is 10.1. The zero-order valence-electron chi connectivity index (χ0n) is 13.4. The van der Waals surface area contributed by atoms with E-state index >= 15 is 0 Å². The smallest absolute Gasteiger partial charge is 0.131 e. The van der Waals surface area contributed by atoms with E-state index in [0.717, 1.165) is 24.6 Å². The van der Waals surface area contributed by atoms with Crippen LogP contribution in [0.2, 0.25) is 0 Å². The van der Waals surface area contributed by atoms with Crippen molar-refractivity contribution in [1.82, 2.24) is 5.32 Å². The molecule has 0 saturated heterocycles. The Morgan fingerprint density at radius 2 is 1.76 bits per heavy atom. The van der Waals surface area contributed by atoms with Gasteiger partial charge in [0.05, 0.1) is 0 Å². The highest BCUT2D eigenvalue weighted by Gasteiger charge is 2.05. The summed E-state index contributed by atoms with van der Waals surface area (Å²) in [5.74, 6) is 2.48. The summed E-state index contributed by atoms with van der Waals surface area (Å²) in [5, 5.41) is 3.47. The fourth-order valence-electron chi connectivity index (χ4n) is 2.15. The van der Waals surface area contributed by atoms with Crippen LogP contribution in [0.25, 0.3) is 0 Å². The maximum absolute atomic E-state index is 6.06. The summed E-state index contributed by atoms with van der Waals surface area (Å²) in [6.07, 6.45) is 0. The average molecular weight is 283 g/mol. The van der Waals surface area contributed by atoms with Gasteiger partial charge in [0, 0.05) is 12.1 Å². The first-order chi connectivity index (χ1) is 10.1. The van der Waals surface area contributed by atoms with Gasteiger partial charge >= 0.3 is 0 Å². The Hall–Kier alpha value is -1.80. The van der Waals surface area contributed by atoms with E-state index in [4.69, 9.17) is 4.74 Å². The molecule has 2 rings (SSSR count). The second kappa shape index (κ2) is 7.28. The van der Waals surface area contributed by atoms with Crippen LogP contribution in [0.3, 0.4) is 0 Å². The highest BCUT2D eigenvalue weighted by molar-refractivity contribution is 5.40. The molecule has 0 saturated carbocycles. The van der Waals surface area contributed by atoms with Crippen LogP contribution in [-0.2, 0) is 6.54 Å². The quantitative estimate of drug-likeness (QED) is 0.819. The molecular weight excluding hydrogens is 258 g/mol. The van der Waals surface area contributed by atoms with E-state index in [2.05, 4.69) is 57.3 Å². The fraction of sp³-hybridized carbons (Fsp3) is 0.368. The molecule has 0 aliphatic rings. The van der Waals surface area contributed by atoms with Crippen LogP contribution in [0.1, 0.15) is 30.5 Å². The third-order valence-electron chi connectivity index (χ3n) is 3.55. The number of hydrogen-bond donors (Lipinski definition) is 1. The van der Waals surface area contributed by atoms with Gasteiger partial charge in [-0.05, 0) is 55.6 Å². The van der Waals surface area contributed by atoms with Crippen LogP contribution in [0.15, 0.2) is 42.5 Å². The summed E-state index contributed by atoms with van der Waals surface area (Å²) < 4.78 is 6.06. The van der Waals surface area contributed by atoms with Crippen LogP contribution in [0.4, 0.5) is 0 Å². The van der Waals surface area contributed by atoms with Crippen molar-refractivity contribution in [1.29, 1.82) is 0 Å². The number of hydrogen-bond acceptors (Lipinski definition) is 2. The molecule has 2 aromatic carbocycles. The molecule has 0 radical (unpaired) electrons. The largest absolute Gasteiger partial charge is 0.457 e. The number of rotatable bonds is 6. The van der Waals surface area contributed by atoms with Gasteiger partial charge in [-0.2, -0.15) is 0 Å². The van der Waals surface area contributed by atoms with E-state index in [0.29, 0.717) is 5.92 Å². The Kier molecular flexibility index (Phi) is 5.40. The Balaban J connectivity index is 2.10. The number of benzene rings is 2. The van der Waals surface area contributed by atoms with E-state index < -0.39 is 0 Å². The average Bonchev–Trinajstić information content (AvgIpc) is 2.44. The molecular formula is C19H25NO. The minimum atomic E-state index is 0.651.